The van der Waals surface area contributed by atoms with Crippen LogP contribution in [0.25, 0.3) is 0 Å². The summed E-state index contributed by atoms with van der Waals surface area (Å²) >= 11 is 0. The molecule has 0 unspecified atom stereocenters. The van der Waals surface area contributed by atoms with Crippen LogP contribution in [0.5, 0.6) is 0 Å². The van der Waals surface area contributed by atoms with Gasteiger partial charge in [0.25, 0.3) is 0 Å². The van der Waals surface area contributed by atoms with E-state index in [9.17, 15) is 9.59 Å². The number of methoxy groups -OCH3 is 1. The van der Waals surface area contributed by atoms with Crippen molar-refractivity contribution in [1.29, 1.82) is 0 Å². The Kier molecular flexibility index (Phi) is 8.52. The Morgan fingerprint density at radius 3 is 2.22 bits per heavy atom. The Morgan fingerprint density at radius 2 is 1.63 bits per heavy atom. The molecule has 2 rings (SSSR count). The molecule has 5 nitrogen and oxygen atoms in total. The molecule has 0 bridgehead atoms. The normalized spacial score (nSPS) is 11.8. The van der Waals surface area contributed by atoms with E-state index in [1.165, 1.54) is 7.11 Å². The molecule has 0 aliphatic rings. The first kappa shape index (κ1) is 20.6. The van der Waals surface area contributed by atoms with Gasteiger partial charge in [0.15, 0.2) is 0 Å². The molecule has 1 atom stereocenters. The predicted molar refractivity (Wildman–Crippen MR) is 104 cm³/mol. The smallest absolute Gasteiger partial charge is 0.327 e. The minimum absolute atomic E-state index is 0.216. The number of ether oxygens (including phenoxy) is 2. The molecule has 0 saturated heterocycles. The number of rotatable bonds is 10. The summed E-state index contributed by atoms with van der Waals surface area (Å²) < 4.78 is 10.1. The summed E-state index contributed by atoms with van der Waals surface area (Å²) in [6, 6.07) is 19.0. The number of carbonyl (C=O) groups excluding carboxylic acids is 2. The van der Waals surface area contributed by atoms with Gasteiger partial charge in [-0.25, -0.2) is 4.79 Å². The maximum Gasteiger partial charge on any atom is 0.327 e. The Balaban J connectivity index is 2.21. The van der Waals surface area contributed by atoms with Gasteiger partial charge in [0.2, 0.25) is 0 Å². The van der Waals surface area contributed by atoms with E-state index in [2.05, 4.69) is 4.90 Å². The minimum Gasteiger partial charge on any atom is -0.468 e. The quantitative estimate of drug-likeness (QED) is 0.597. The van der Waals surface area contributed by atoms with Gasteiger partial charge in [-0.3, -0.25) is 9.69 Å². The number of carbonyl (C=O) groups is 2. The van der Waals surface area contributed by atoms with Crippen molar-refractivity contribution in [2.24, 2.45) is 0 Å². The van der Waals surface area contributed by atoms with Gasteiger partial charge in [-0.2, -0.15) is 0 Å². The Morgan fingerprint density at radius 1 is 1.00 bits per heavy atom. The van der Waals surface area contributed by atoms with Crippen molar-refractivity contribution in [1.82, 2.24) is 4.90 Å². The van der Waals surface area contributed by atoms with Crippen LogP contribution in [-0.2, 0) is 25.6 Å². The summed E-state index contributed by atoms with van der Waals surface area (Å²) in [6.45, 7) is 3.32. The molecule has 0 amide bonds. The monoisotopic (exact) mass is 369 g/mol. The third kappa shape index (κ3) is 6.53. The van der Waals surface area contributed by atoms with Gasteiger partial charge in [0.05, 0.1) is 13.7 Å². The third-order valence-corrected chi connectivity index (χ3v) is 4.26. The SMILES string of the molecule is CCOC(=O)CCCN(Cc1ccccc1)[C@@H](C(=O)OC)c1ccccc1. The zero-order valence-electron chi connectivity index (χ0n) is 16.0. The molecule has 0 aromatic heterocycles. The van der Waals surface area contributed by atoms with Crippen LogP contribution < -0.4 is 0 Å². The first-order valence-electron chi connectivity index (χ1n) is 9.22. The highest BCUT2D eigenvalue weighted by atomic mass is 16.5. The largest absolute Gasteiger partial charge is 0.468 e. The second-order valence-corrected chi connectivity index (χ2v) is 6.20. The first-order chi connectivity index (χ1) is 13.2. The molecule has 2 aromatic rings. The van der Waals surface area contributed by atoms with Crippen molar-refractivity contribution in [3.63, 3.8) is 0 Å². The van der Waals surface area contributed by atoms with Gasteiger partial charge < -0.3 is 9.47 Å². The van der Waals surface area contributed by atoms with E-state index >= 15 is 0 Å². The molecule has 144 valence electrons. The van der Waals surface area contributed by atoms with Crippen LogP contribution in [0, 0.1) is 0 Å². The van der Waals surface area contributed by atoms with Gasteiger partial charge in [-0.05, 0) is 24.5 Å². The standard InChI is InChI=1S/C22H27NO4/c1-3-27-20(24)15-10-16-23(17-18-11-6-4-7-12-18)21(22(25)26-2)19-13-8-5-9-14-19/h4-9,11-14,21H,3,10,15-17H2,1-2H3/t21-/m1/s1. The fourth-order valence-electron chi connectivity index (χ4n) is 3.02. The Bertz CT molecular complexity index is 703. The highest BCUT2D eigenvalue weighted by Crippen LogP contribution is 2.25. The van der Waals surface area contributed by atoms with Crippen molar-refractivity contribution in [2.45, 2.75) is 32.4 Å². The lowest BCUT2D eigenvalue weighted by Gasteiger charge is -2.30. The van der Waals surface area contributed by atoms with Crippen molar-refractivity contribution < 1.29 is 19.1 Å². The van der Waals surface area contributed by atoms with E-state index in [0.29, 0.717) is 32.5 Å². The van der Waals surface area contributed by atoms with Crippen LogP contribution in [0.1, 0.15) is 36.9 Å². The maximum absolute atomic E-state index is 12.6. The lowest BCUT2D eigenvalue weighted by molar-refractivity contribution is -0.147. The Hall–Kier alpha value is -2.66. The van der Waals surface area contributed by atoms with Crippen LogP contribution in [0.3, 0.4) is 0 Å². The topological polar surface area (TPSA) is 55.8 Å². The summed E-state index contributed by atoms with van der Waals surface area (Å²) in [7, 11) is 1.40. The molecule has 27 heavy (non-hydrogen) atoms. The van der Waals surface area contributed by atoms with Crippen LogP contribution in [0.15, 0.2) is 60.7 Å². The van der Waals surface area contributed by atoms with Crippen molar-refractivity contribution >= 4 is 11.9 Å². The molecule has 0 aliphatic heterocycles. The average Bonchev–Trinajstić information content (AvgIpc) is 2.69. The number of esters is 2. The molecular weight excluding hydrogens is 342 g/mol. The fourth-order valence-corrected chi connectivity index (χ4v) is 3.02. The highest BCUT2D eigenvalue weighted by Gasteiger charge is 2.28. The molecule has 0 fully saturated rings. The van der Waals surface area contributed by atoms with Crippen LogP contribution >= 0.6 is 0 Å². The molecule has 0 heterocycles. The van der Waals surface area contributed by atoms with Crippen molar-refractivity contribution in [2.75, 3.05) is 20.3 Å². The molecular formula is C22H27NO4. The van der Waals surface area contributed by atoms with Crippen LogP contribution in [0.4, 0.5) is 0 Å². The van der Waals surface area contributed by atoms with Crippen molar-refractivity contribution in [3.8, 4) is 0 Å². The third-order valence-electron chi connectivity index (χ3n) is 4.26. The Labute approximate surface area is 160 Å². The number of nitrogens with zero attached hydrogens (tertiary/aromatic N) is 1. The zero-order chi connectivity index (χ0) is 19.5. The van der Waals surface area contributed by atoms with E-state index in [1.807, 2.05) is 60.7 Å². The average molecular weight is 369 g/mol. The predicted octanol–water partition coefficient (Wildman–Crippen LogP) is 3.75. The molecule has 5 heteroatoms. The van der Waals surface area contributed by atoms with Gasteiger partial charge in [0, 0.05) is 19.5 Å². The summed E-state index contributed by atoms with van der Waals surface area (Å²) in [6.07, 6.45) is 0.924. The van der Waals surface area contributed by atoms with Crippen LogP contribution in [0.2, 0.25) is 0 Å². The first-order valence-corrected chi connectivity index (χ1v) is 9.22. The second kappa shape index (κ2) is 11.1. The number of hydrogen-bond acceptors (Lipinski definition) is 5. The highest BCUT2D eigenvalue weighted by molar-refractivity contribution is 5.77. The molecule has 0 spiro atoms. The zero-order valence-corrected chi connectivity index (χ0v) is 16.0. The minimum atomic E-state index is -0.529. The fraction of sp³-hybridized carbons (Fsp3) is 0.364. The summed E-state index contributed by atoms with van der Waals surface area (Å²) in [5.74, 6) is -0.528. The molecule has 0 radical (unpaired) electrons. The maximum atomic E-state index is 12.6. The number of hydrogen-bond donors (Lipinski definition) is 0. The second-order valence-electron chi connectivity index (χ2n) is 6.20. The lowest BCUT2D eigenvalue weighted by atomic mass is 10.0. The van der Waals surface area contributed by atoms with E-state index < -0.39 is 6.04 Å². The summed E-state index contributed by atoms with van der Waals surface area (Å²) in [5.41, 5.74) is 1.97. The molecule has 0 saturated carbocycles. The van der Waals surface area contributed by atoms with Gasteiger partial charge in [-0.1, -0.05) is 60.7 Å². The molecule has 2 aromatic carbocycles. The summed E-state index contributed by atoms with van der Waals surface area (Å²) in [4.78, 5) is 26.3. The summed E-state index contributed by atoms with van der Waals surface area (Å²) in [5, 5.41) is 0. The van der Waals surface area contributed by atoms with E-state index in [4.69, 9.17) is 9.47 Å². The van der Waals surface area contributed by atoms with Gasteiger partial charge in [0.1, 0.15) is 6.04 Å². The van der Waals surface area contributed by atoms with Gasteiger partial charge in [-0.15, -0.1) is 0 Å². The molecule has 0 aliphatic carbocycles. The lowest BCUT2D eigenvalue weighted by Crippen LogP contribution is -2.35. The van der Waals surface area contributed by atoms with Gasteiger partial charge >= 0.3 is 11.9 Å². The molecule has 0 N–H and O–H groups in total. The van der Waals surface area contributed by atoms with E-state index in [-0.39, 0.29) is 11.9 Å². The van der Waals surface area contributed by atoms with Crippen molar-refractivity contribution in [3.05, 3.63) is 71.8 Å². The number of benzene rings is 2. The van der Waals surface area contributed by atoms with E-state index in [1.54, 1.807) is 6.92 Å². The van der Waals surface area contributed by atoms with E-state index in [0.717, 1.165) is 11.1 Å². The van der Waals surface area contributed by atoms with Crippen LogP contribution in [-0.4, -0.2) is 37.1 Å².